The molecule has 0 bridgehead atoms. The Morgan fingerprint density at radius 2 is 1.43 bits per heavy atom. The van der Waals surface area contributed by atoms with Crippen molar-refractivity contribution in [1.82, 2.24) is 26.2 Å². The van der Waals surface area contributed by atoms with Gasteiger partial charge in [-0.2, -0.15) is 0 Å². The lowest BCUT2D eigenvalue weighted by Gasteiger charge is -2.29. The van der Waals surface area contributed by atoms with Crippen molar-refractivity contribution in [1.29, 1.82) is 0 Å². The van der Waals surface area contributed by atoms with Crippen LogP contribution in [0.25, 0.3) is 0 Å². The lowest BCUT2D eigenvalue weighted by Crippen LogP contribution is -2.60. The zero-order valence-corrected chi connectivity index (χ0v) is 27.1. The molecule has 5 amide bonds. The van der Waals surface area contributed by atoms with Crippen LogP contribution in [0.1, 0.15) is 72.1 Å². The fourth-order valence-electron chi connectivity index (χ4n) is 5.07. The molecule has 1 aliphatic rings. The molecule has 0 unspecified atom stereocenters. The topological polar surface area (TPSA) is 304 Å². The highest BCUT2D eigenvalue weighted by molar-refractivity contribution is 5.96. The fourth-order valence-corrected chi connectivity index (χ4v) is 5.07. The number of aliphatic hydroxyl groups is 2. The van der Waals surface area contributed by atoms with Crippen LogP contribution in [-0.4, -0.2) is 129 Å². The standard InChI is InChI=1S/C29H51N7O11/c1-15(2)13-17(31)28(45)36-12-6-8-21(36)27(44)34-20(14-37)26(43)32-18(7-4-5-11-30)24(41)33-19(9-10-22(39)40)25(42)35-23(16(3)38)29(46)47/h15-21,23,37-38H,4-14,30-31H2,1-3H3,(H,32,43)(H,33,41)(H,34,44)(H,35,42)(H,39,40)(H,46,47)/t16-,17+,18+,19+,20+,21+,23+/m1/s1. The Hall–Kier alpha value is -3.87. The van der Waals surface area contributed by atoms with Gasteiger partial charge >= 0.3 is 11.9 Å². The third-order valence-electron chi connectivity index (χ3n) is 7.60. The Labute approximate surface area is 273 Å². The van der Waals surface area contributed by atoms with Gasteiger partial charge in [0, 0.05) is 13.0 Å². The van der Waals surface area contributed by atoms with Crippen LogP contribution < -0.4 is 32.7 Å². The first-order valence-electron chi connectivity index (χ1n) is 15.7. The Morgan fingerprint density at radius 1 is 0.851 bits per heavy atom. The molecule has 0 aliphatic carbocycles. The molecule has 1 fully saturated rings. The van der Waals surface area contributed by atoms with Gasteiger partial charge in [0.05, 0.1) is 18.8 Å². The number of carbonyl (C=O) groups is 7. The van der Waals surface area contributed by atoms with E-state index in [1.54, 1.807) is 0 Å². The van der Waals surface area contributed by atoms with E-state index in [9.17, 15) is 48.9 Å². The molecule has 0 aromatic heterocycles. The molecule has 47 heavy (non-hydrogen) atoms. The Kier molecular flexibility index (Phi) is 17.8. The minimum absolute atomic E-state index is 0.00178. The van der Waals surface area contributed by atoms with E-state index in [2.05, 4.69) is 21.3 Å². The summed E-state index contributed by atoms with van der Waals surface area (Å²) < 4.78 is 0. The Balaban J connectivity index is 3.10. The van der Waals surface area contributed by atoms with Crippen LogP contribution in [0.15, 0.2) is 0 Å². The second-order valence-electron chi connectivity index (χ2n) is 12.1. The van der Waals surface area contributed by atoms with Crippen molar-refractivity contribution in [3.05, 3.63) is 0 Å². The predicted octanol–water partition coefficient (Wildman–Crippen LogP) is -3.26. The lowest BCUT2D eigenvalue weighted by molar-refractivity contribution is -0.145. The summed E-state index contributed by atoms with van der Waals surface area (Å²) in [7, 11) is 0. The number of unbranched alkanes of at least 4 members (excludes halogenated alkanes) is 1. The molecular formula is C29H51N7O11. The lowest BCUT2D eigenvalue weighted by atomic mass is 10.0. The van der Waals surface area contributed by atoms with Gasteiger partial charge in [0.15, 0.2) is 6.04 Å². The van der Waals surface area contributed by atoms with Crippen molar-refractivity contribution in [3.63, 3.8) is 0 Å². The van der Waals surface area contributed by atoms with Gasteiger partial charge in [0.25, 0.3) is 0 Å². The molecule has 0 saturated carbocycles. The summed E-state index contributed by atoms with van der Waals surface area (Å²) in [5.74, 6) is -6.78. The third-order valence-corrected chi connectivity index (χ3v) is 7.60. The molecule has 0 spiro atoms. The first-order chi connectivity index (χ1) is 22.0. The quantitative estimate of drug-likeness (QED) is 0.0536. The van der Waals surface area contributed by atoms with Crippen molar-refractivity contribution in [2.24, 2.45) is 17.4 Å². The number of carboxylic acid groups (broad SMARTS) is 2. The number of carbonyl (C=O) groups excluding carboxylic acids is 5. The van der Waals surface area contributed by atoms with Gasteiger partial charge in [-0.05, 0) is 64.3 Å². The van der Waals surface area contributed by atoms with Crippen LogP contribution in [0.4, 0.5) is 0 Å². The van der Waals surface area contributed by atoms with Crippen LogP contribution in [-0.2, 0) is 33.6 Å². The van der Waals surface area contributed by atoms with Gasteiger partial charge in [0.2, 0.25) is 29.5 Å². The van der Waals surface area contributed by atoms with Crippen LogP contribution >= 0.6 is 0 Å². The predicted molar refractivity (Wildman–Crippen MR) is 166 cm³/mol. The largest absolute Gasteiger partial charge is 0.481 e. The highest BCUT2D eigenvalue weighted by Gasteiger charge is 2.38. The van der Waals surface area contributed by atoms with Crippen molar-refractivity contribution >= 4 is 41.5 Å². The van der Waals surface area contributed by atoms with Crippen LogP contribution in [0, 0.1) is 5.92 Å². The maximum atomic E-state index is 13.3. The van der Waals surface area contributed by atoms with Gasteiger partial charge in [-0.25, -0.2) is 4.79 Å². The summed E-state index contributed by atoms with van der Waals surface area (Å²) in [6.07, 6.45) is -0.528. The molecule has 18 heteroatoms. The number of hydrogen-bond donors (Lipinski definition) is 10. The normalized spacial score (nSPS) is 18.3. The zero-order chi connectivity index (χ0) is 35.8. The van der Waals surface area contributed by atoms with Crippen molar-refractivity contribution in [3.8, 4) is 0 Å². The third kappa shape index (κ3) is 13.8. The van der Waals surface area contributed by atoms with Crippen molar-refractivity contribution < 1.29 is 54.0 Å². The van der Waals surface area contributed by atoms with Gasteiger partial charge < -0.3 is 58.1 Å². The molecule has 1 heterocycles. The number of hydrogen-bond acceptors (Lipinski definition) is 11. The van der Waals surface area contributed by atoms with E-state index < -0.39 is 103 Å². The monoisotopic (exact) mass is 673 g/mol. The number of nitrogens with one attached hydrogen (secondary N) is 4. The van der Waals surface area contributed by atoms with Crippen molar-refractivity contribution in [2.75, 3.05) is 19.7 Å². The summed E-state index contributed by atoms with van der Waals surface area (Å²) in [6.45, 7) is 4.63. The molecule has 7 atom stereocenters. The number of aliphatic hydroxyl groups excluding tert-OH is 2. The average Bonchev–Trinajstić information content (AvgIpc) is 3.48. The number of rotatable bonds is 21. The number of nitrogens with two attached hydrogens (primary N) is 2. The molecule has 0 aromatic rings. The van der Waals surface area contributed by atoms with E-state index in [1.807, 2.05) is 13.8 Å². The first-order valence-corrected chi connectivity index (χ1v) is 15.7. The van der Waals surface area contributed by atoms with E-state index in [4.69, 9.17) is 16.6 Å². The average molecular weight is 674 g/mol. The number of likely N-dealkylation sites (tertiary alicyclic amines) is 1. The second kappa shape index (κ2) is 20.4. The molecule has 0 aromatic carbocycles. The molecule has 1 saturated heterocycles. The van der Waals surface area contributed by atoms with Crippen LogP contribution in [0.2, 0.25) is 0 Å². The minimum Gasteiger partial charge on any atom is -0.481 e. The SMILES string of the molecule is CC(C)C[C@H](N)C(=O)N1CCC[C@H]1C(=O)N[C@@H](CO)C(=O)N[C@@H](CCCCN)C(=O)N[C@@H](CCC(=O)O)C(=O)N[C@H](C(=O)O)[C@@H](C)O. The smallest absolute Gasteiger partial charge is 0.328 e. The van der Waals surface area contributed by atoms with Crippen LogP contribution in [0.5, 0.6) is 0 Å². The summed E-state index contributed by atoms with van der Waals surface area (Å²) in [5.41, 5.74) is 11.6. The zero-order valence-electron chi connectivity index (χ0n) is 27.1. The van der Waals surface area contributed by atoms with Gasteiger partial charge in [-0.15, -0.1) is 0 Å². The summed E-state index contributed by atoms with van der Waals surface area (Å²) >= 11 is 0. The van der Waals surface area contributed by atoms with Crippen LogP contribution in [0.3, 0.4) is 0 Å². The summed E-state index contributed by atoms with van der Waals surface area (Å²) in [4.78, 5) is 89.5. The van der Waals surface area contributed by atoms with E-state index >= 15 is 0 Å². The summed E-state index contributed by atoms with van der Waals surface area (Å²) in [6, 6.07) is -7.91. The highest BCUT2D eigenvalue weighted by atomic mass is 16.4. The number of amides is 5. The van der Waals surface area contributed by atoms with Gasteiger partial charge in [-0.3, -0.25) is 28.8 Å². The maximum Gasteiger partial charge on any atom is 0.328 e. The van der Waals surface area contributed by atoms with E-state index in [-0.39, 0.29) is 18.9 Å². The second-order valence-corrected chi connectivity index (χ2v) is 12.1. The summed E-state index contributed by atoms with van der Waals surface area (Å²) in [5, 5.41) is 47.3. The van der Waals surface area contributed by atoms with Crippen molar-refractivity contribution in [2.45, 2.75) is 114 Å². The molecule has 18 nitrogen and oxygen atoms in total. The van der Waals surface area contributed by atoms with E-state index in [0.717, 1.165) is 6.92 Å². The molecule has 268 valence electrons. The van der Waals surface area contributed by atoms with E-state index in [1.165, 1.54) is 4.90 Å². The number of nitrogens with zero attached hydrogens (tertiary/aromatic N) is 1. The molecular weight excluding hydrogens is 622 g/mol. The molecule has 1 aliphatic heterocycles. The Morgan fingerprint density at radius 3 is 1.94 bits per heavy atom. The van der Waals surface area contributed by atoms with Gasteiger partial charge in [-0.1, -0.05) is 13.8 Å². The minimum atomic E-state index is -1.75. The number of aliphatic carboxylic acids is 2. The number of carboxylic acids is 2. The molecule has 12 N–H and O–H groups in total. The maximum absolute atomic E-state index is 13.3. The van der Waals surface area contributed by atoms with E-state index in [0.29, 0.717) is 38.6 Å². The highest BCUT2D eigenvalue weighted by Crippen LogP contribution is 2.20. The first kappa shape index (κ1) is 41.2. The molecule has 0 radical (unpaired) electrons. The Bertz CT molecular complexity index is 1100. The molecule has 1 rings (SSSR count). The van der Waals surface area contributed by atoms with Gasteiger partial charge in [0.1, 0.15) is 24.2 Å². The fraction of sp³-hybridized carbons (Fsp3) is 0.759.